The Hall–Kier alpha value is -0.630. The molecule has 2 heteroatoms. The predicted molar refractivity (Wildman–Crippen MR) is 52.6 cm³/mol. The molecule has 72 valence electrons. The molecule has 13 heavy (non-hydrogen) atoms. The van der Waals surface area contributed by atoms with Gasteiger partial charge in [-0.05, 0) is 25.8 Å². The molecule has 0 aromatic rings. The molecule has 0 amide bonds. The van der Waals surface area contributed by atoms with Crippen molar-refractivity contribution in [1.29, 1.82) is 0 Å². The van der Waals surface area contributed by atoms with E-state index >= 15 is 0 Å². The summed E-state index contributed by atoms with van der Waals surface area (Å²) in [6.45, 7) is 2.91. The molecule has 0 bridgehead atoms. The van der Waals surface area contributed by atoms with Crippen LogP contribution in [0.4, 0.5) is 0 Å². The van der Waals surface area contributed by atoms with Gasteiger partial charge in [-0.25, -0.2) is 0 Å². The lowest BCUT2D eigenvalue weighted by molar-refractivity contribution is -0.122. The molecule has 0 aromatic heterocycles. The second-order valence-corrected chi connectivity index (χ2v) is 4.35. The highest BCUT2D eigenvalue weighted by Crippen LogP contribution is 2.31. The van der Waals surface area contributed by atoms with Gasteiger partial charge in [0.05, 0.1) is 5.54 Å². The molecule has 1 heterocycles. The fourth-order valence-corrected chi connectivity index (χ4v) is 2.39. The van der Waals surface area contributed by atoms with Crippen LogP contribution < -0.4 is 5.32 Å². The Kier molecular flexibility index (Phi) is 2.24. The Morgan fingerprint density at radius 2 is 2.00 bits per heavy atom. The van der Waals surface area contributed by atoms with Crippen LogP contribution in [0.2, 0.25) is 0 Å². The molecule has 1 fully saturated rings. The molecule has 1 aliphatic carbocycles. The van der Waals surface area contributed by atoms with E-state index in [9.17, 15) is 4.79 Å². The Morgan fingerprint density at radius 3 is 2.62 bits per heavy atom. The average molecular weight is 179 g/mol. The third-order valence-electron chi connectivity index (χ3n) is 3.26. The van der Waals surface area contributed by atoms with Crippen LogP contribution in [0, 0.1) is 0 Å². The van der Waals surface area contributed by atoms with Crippen LogP contribution in [-0.4, -0.2) is 17.9 Å². The first kappa shape index (κ1) is 8.95. The van der Waals surface area contributed by atoms with Gasteiger partial charge in [0.2, 0.25) is 0 Å². The summed E-state index contributed by atoms with van der Waals surface area (Å²) >= 11 is 0. The summed E-state index contributed by atoms with van der Waals surface area (Å²) in [5.74, 6) is 0.316. The highest BCUT2D eigenvalue weighted by Gasteiger charge is 2.39. The van der Waals surface area contributed by atoms with Gasteiger partial charge in [-0.1, -0.05) is 24.8 Å². The standard InChI is InChI=1S/C11H17NO/c1-9-7-10(13)11(12-8-9)5-3-2-4-6-11/h7,12H,2-6,8H2,1H3. The van der Waals surface area contributed by atoms with Gasteiger partial charge in [-0.3, -0.25) is 4.79 Å². The molecule has 0 saturated heterocycles. The van der Waals surface area contributed by atoms with Gasteiger partial charge in [0.25, 0.3) is 0 Å². The van der Waals surface area contributed by atoms with E-state index in [1.54, 1.807) is 0 Å². The summed E-state index contributed by atoms with van der Waals surface area (Å²) in [6.07, 6.45) is 7.60. The highest BCUT2D eigenvalue weighted by atomic mass is 16.1. The highest BCUT2D eigenvalue weighted by molar-refractivity contribution is 5.99. The quantitative estimate of drug-likeness (QED) is 0.614. The van der Waals surface area contributed by atoms with Crippen molar-refractivity contribution < 1.29 is 4.79 Å². The minimum Gasteiger partial charge on any atom is -0.301 e. The molecule has 0 aromatic carbocycles. The van der Waals surface area contributed by atoms with Crippen molar-refractivity contribution in [3.8, 4) is 0 Å². The summed E-state index contributed by atoms with van der Waals surface area (Å²) < 4.78 is 0. The van der Waals surface area contributed by atoms with E-state index < -0.39 is 0 Å². The lowest BCUT2D eigenvalue weighted by Gasteiger charge is -2.38. The van der Waals surface area contributed by atoms with Gasteiger partial charge in [-0.15, -0.1) is 0 Å². The largest absolute Gasteiger partial charge is 0.301 e. The molecule has 2 aliphatic rings. The van der Waals surface area contributed by atoms with E-state index in [1.165, 1.54) is 24.8 Å². The third kappa shape index (κ3) is 1.55. The summed E-state index contributed by atoms with van der Waals surface area (Å²) in [7, 11) is 0. The summed E-state index contributed by atoms with van der Waals surface area (Å²) in [5.41, 5.74) is 0.999. The monoisotopic (exact) mass is 179 g/mol. The molecule has 1 N–H and O–H groups in total. The number of ketones is 1. The molecule has 2 nitrogen and oxygen atoms in total. The maximum Gasteiger partial charge on any atom is 0.175 e. The fraction of sp³-hybridized carbons (Fsp3) is 0.727. The van der Waals surface area contributed by atoms with Crippen molar-refractivity contribution in [2.45, 2.75) is 44.6 Å². The molecule has 2 rings (SSSR count). The summed E-state index contributed by atoms with van der Waals surface area (Å²) in [5, 5.41) is 3.42. The Balaban J connectivity index is 2.18. The normalized spacial score (nSPS) is 27.5. The lowest BCUT2D eigenvalue weighted by Crippen LogP contribution is -2.55. The molecule has 1 aliphatic heterocycles. The van der Waals surface area contributed by atoms with Crippen LogP contribution in [0.5, 0.6) is 0 Å². The van der Waals surface area contributed by atoms with Crippen LogP contribution in [0.3, 0.4) is 0 Å². The molecular formula is C11H17NO. The summed E-state index contributed by atoms with van der Waals surface area (Å²) in [6, 6.07) is 0. The van der Waals surface area contributed by atoms with Crippen LogP contribution in [0.1, 0.15) is 39.0 Å². The predicted octanol–water partition coefficient (Wildman–Crippen LogP) is 1.81. The first-order valence-corrected chi connectivity index (χ1v) is 5.20. The van der Waals surface area contributed by atoms with Gasteiger partial charge >= 0.3 is 0 Å². The second-order valence-electron chi connectivity index (χ2n) is 4.35. The van der Waals surface area contributed by atoms with E-state index in [0.717, 1.165) is 19.4 Å². The van der Waals surface area contributed by atoms with E-state index in [0.29, 0.717) is 5.78 Å². The second kappa shape index (κ2) is 3.26. The smallest absolute Gasteiger partial charge is 0.175 e. The zero-order chi connectivity index (χ0) is 9.31. The Labute approximate surface area is 79.4 Å². The van der Waals surface area contributed by atoms with Gasteiger partial charge in [-0.2, -0.15) is 0 Å². The third-order valence-corrected chi connectivity index (χ3v) is 3.26. The van der Waals surface area contributed by atoms with Crippen LogP contribution in [-0.2, 0) is 4.79 Å². The van der Waals surface area contributed by atoms with Gasteiger partial charge in [0.1, 0.15) is 0 Å². The van der Waals surface area contributed by atoms with Gasteiger partial charge < -0.3 is 5.32 Å². The molecule has 1 saturated carbocycles. The van der Waals surface area contributed by atoms with Crippen LogP contribution >= 0.6 is 0 Å². The maximum absolute atomic E-state index is 11.8. The van der Waals surface area contributed by atoms with Crippen molar-refractivity contribution in [3.63, 3.8) is 0 Å². The first-order valence-electron chi connectivity index (χ1n) is 5.20. The van der Waals surface area contributed by atoms with E-state index in [4.69, 9.17) is 0 Å². The van der Waals surface area contributed by atoms with Crippen LogP contribution in [0.25, 0.3) is 0 Å². The molecule has 0 unspecified atom stereocenters. The lowest BCUT2D eigenvalue weighted by atomic mass is 9.76. The van der Waals surface area contributed by atoms with Crippen molar-refractivity contribution in [3.05, 3.63) is 11.6 Å². The number of hydrogen-bond acceptors (Lipinski definition) is 2. The van der Waals surface area contributed by atoms with Gasteiger partial charge in [0, 0.05) is 6.54 Å². The Bertz CT molecular complexity index is 249. The maximum atomic E-state index is 11.8. The number of carbonyl (C=O) groups excluding carboxylic acids is 1. The van der Waals surface area contributed by atoms with Crippen LogP contribution in [0.15, 0.2) is 11.6 Å². The summed E-state index contributed by atoms with van der Waals surface area (Å²) in [4.78, 5) is 11.8. The first-order chi connectivity index (χ1) is 6.23. The number of nitrogens with one attached hydrogen (secondary N) is 1. The molecule has 0 atom stereocenters. The van der Waals surface area contributed by atoms with E-state index in [-0.39, 0.29) is 5.54 Å². The van der Waals surface area contributed by atoms with Crippen molar-refractivity contribution in [2.24, 2.45) is 0 Å². The van der Waals surface area contributed by atoms with Crippen molar-refractivity contribution >= 4 is 5.78 Å². The van der Waals surface area contributed by atoms with E-state index in [2.05, 4.69) is 5.32 Å². The zero-order valence-corrected chi connectivity index (χ0v) is 8.23. The number of rotatable bonds is 0. The van der Waals surface area contributed by atoms with Gasteiger partial charge in [0.15, 0.2) is 5.78 Å². The topological polar surface area (TPSA) is 29.1 Å². The van der Waals surface area contributed by atoms with Crippen molar-refractivity contribution in [1.82, 2.24) is 5.32 Å². The SMILES string of the molecule is CC1=CC(=O)C2(CCCCC2)NC1. The minimum absolute atomic E-state index is 0.169. The van der Waals surface area contributed by atoms with Crippen molar-refractivity contribution in [2.75, 3.05) is 6.54 Å². The zero-order valence-electron chi connectivity index (χ0n) is 8.23. The number of carbonyl (C=O) groups is 1. The number of hydrogen-bond donors (Lipinski definition) is 1. The molecule has 1 spiro atoms. The molecule has 0 radical (unpaired) electrons. The average Bonchev–Trinajstić information content (AvgIpc) is 2.14. The van der Waals surface area contributed by atoms with E-state index in [1.807, 2.05) is 13.0 Å². The fourth-order valence-electron chi connectivity index (χ4n) is 2.39. The Morgan fingerprint density at radius 1 is 1.31 bits per heavy atom. The minimum atomic E-state index is -0.169. The molecular weight excluding hydrogens is 162 g/mol.